The first-order valence-electron chi connectivity index (χ1n) is 8.80. The van der Waals surface area contributed by atoms with Gasteiger partial charge in [-0.3, -0.25) is 10.1 Å². The van der Waals surface area contributed by atoms with E-state index in [2.05, 4.69) is 15.5 Å². The van der Waals surface area contributed by atoms with Crippen molar-refractivity contribution in [2.24, 2.45) is 0 Å². The van der Waals surface area contributed by atoms with Gasteiger partial charge in [0.2, 0.25) is 12.3 Å². The summed E-state index contributed by atoms with van der Waals surface area (Å²) in [6.07, 6.45) is 1.16. The number of aromatic nitrogens is 2. The lowest BCUT2D eigenvalue weighted by atomic mass is 9.79. The van der Waals surface area contributed by atoms with E-state index in [1.165, 1.54) is 13.2 Å². The summed E-state index contributed by atoms with van der Waals surface area (Å²) in [5.74, 6) is -1.28. The van der Waals surface area contributed by atoms with Crippen molar-refractivity contribution in [3.63, 3.8) is 0 Å². The second kappa shape index (κ2) is 8.65. The second-order valence-corrected chi connectivity index (χ2v) is 6.32. The number of nitro groups is 1. The standard InChI is InChI=1S/C19H20N4O6/c1-11-15(18-22-20-10-29-18)17(13-6-4-5-7-14(13)23(25)26)16(12(2)21-11)19(24)28-9-8-27-3/h4-7,10,17,21H,8-9H2,1-3H3. The molecule has 1 unspecified atom stereocenters. The highest BCUT2D eigenvalue weighted by atomic mass is 16.6. The van der Waals surface area contributed by atoms with Crippen LogP contribution in [0.3, 0.4) is 0 Å². The van der Waals surface area contributed by atoms with Crippen molar-refractivity contribution in [1.82, 2.24) is 15.5 Å². The maximum Gasteiger partial charge on any atom is 0.336 e. The number of hydrogen-bond donors (Lipinski definition) is 1. The largest absolute Gasteiger partial charge is 0.460 e. The number of nitrogens with zero attached hydrogens (tertiary/aromatic N) is 3. The first kappa shape index (κ1) is 20.2. The average molecular weight is 400 g/mol. The van der Waals surface area contributed by atoms with Gasteiger partial charge in [-0.2, -0.15) is 0 Å². The minimum Gasteiger partial charge on any atom is -0.460 e. The molecule has 0 bridgehead atoms. The first-order valence-corrected chi connectivity index (χ1v) is 8.80. The molecule has 1 atom stereocenters. The fourth-order valence-corrected chi connectivity index (χ4v) is 3.34. The van der Waals surface area contributed by atoms with Gasteiger partial charge in [-0.05, 0) is 13.8 Å². The summed E-state index contributed by atoms with van der Waals surface area (Å²) in [4.78, 5) is 24.1. The molecule has 10 heteroatoms. The number of para-hydroxylation sites is 1. The van der Waals surface area contributed by atoms with Gasteiger partial charge in [0.1, 0.15) is 6.61 Å². The molecule has 152 valence electrons. The lowest BCUT2D eigenvalue weighted by Gasteiger charge is -2.29. The van der Waals surface area contributed by atoms with Crippen molar-refractivity contribution in [3.05, 3.63) is 69.2 Å². The molecular weight excluding hydrogens is 380 g/mol. The highest BCUT2D eigenvalue weighted by Crippen LogP contribution is 2.45. The minimum absolute atomic E-state index is 0.0499. The lowest BCUT2D eigenvalue weighted by Crippen LogP contribution is -2.29. The van der Waals surface area contributed by atoms with E-state index < -0.39 is 16.8 Å². The van der Waals surface area contributed by atoms with Crippen LogP contribution in [0.25, 0.3) is 5.57 Å². The predicted octanol–water partition coefficient (Wildman–Crippen LogP) is 2.56. The van der Waals surface area contributed by atoms with Gasteiger partial charge >= 0.3 is 5.97 Å². The topological polar surface area (TPSA) is 130 Å². The third kappa shape index (κ3) is 4.02. The Kier molecular flexibility index (Phi) is 6.03. The molecule has 0 radical (unpaired) electrons. The second-order valence-electron chi connectivity index (χ2n) is 6.32. The van der Waals surface area contributed by atoms with Crippen LogP contribution in [0.4, 0.5) is 5.69 Å². The molecule has 1 aliphatic rings. The Balaban J connectivity index is 2.18. The zero-order valence-corrected chi connectivity index (χ0v) is 16.2. The lowest BCUT2D eigenvalue weighted by molar-refractivity contribution is -0.385. The molecule has 3 rings (SSSR count). The molecule has 1 aromatic heterocycles. The number of nitro benzene ring substituents is 1. The molecule has 1 N–H and O–H groups in total. The molecule has 0 fully saturated rings. The molecule has 0 saturated heterocycles. The van der Waals surface area contributed by atoms with Crippen molar-refractivity contribution in [2.45, 2.75) is 19.8 Å². The molecule has 10 nitrogen and oxygen atoms in total. The molecular formula is C19H20N4O6. The molecule has 1 aromatic carbocycles. The number of benzene rings is 1. The Bertz CT molecular complexity index is 980. The van der Waals surface area contributed by atoms with Crippen LogP contribution in [0.1, 0.15) is 31.2 Å². The van der Waals surface area contributed by atoms with Gasteiger partial charge in [-0.15, -0.1) is 10.2 Å². The van der Waals surface area contributed by atoms with Gasteiger partial charge in [-0.1, -0.05) is 18.2 Å². The Hall–Kier alpha value is -3.53. The maximum atomic E-state index is 12.9. The van der Waals surface area contributed by atoms with Crippen molar-refractivity contribution < 1.29 is 23.6 Å². The number of nitrogens with one attached hydrogen (secondary N) is 1. The molecule has 1 aliphatic heterocycles. The highest BCUT2D eigenvalue weighted by molar-refractivity contribution is 5.97. The molecule has 2 aromatic rings. The van der Waals surface area contributed by atoms with Gasteiger partial charge in [0.05, 0.1) is 23.0 Å². The van der Waals surface area contributed by atoms with Crippen LogP contribution < -0.4 is 5.32 Å². The van der Waals surface area contributed by atoms with E-state index in [1.807, 2.05) is 0 Å². The SMILES string of the molecule is COCCOC(=O)C1=C(C)NC(C)=C(c2nnco2)C1c1ccccc1[N+](=O)[O-]. The van der Waals surface area contributed by atoms with E-state index in [-0.39, 0.29) is 30.4 Å². The summed E-state index contributed by atoms with van der Waals surface area (Å²) in [6, 6.07) is 6.24. The van der Waals surface area contributed by atoms with Crippen LogP contribution in [-0.4, -0.2) is 41.4 Å². The summed E-state index contributed by atoms with van der Waals surface area (Å²) in [5, 5.41) is 22.5. The predicted molar refractivity (Wildman–Crippen MR) is 101 cm³/mol. The molecule has 29 heavy (non-hydrogen) atoms. The Morgan fingerprint density at radius 2 is 2.03 bits per heavy atom. The average Bonchev–Trinajstić information content (AvgIpc) is 3.21. The number of allylic oxidation sites excluding steroid dienone is 3. The summed E-state index contributed by atoms with van der Waals surface area (Å²) in [6.45, 7) is 3.77. The van der Waals surface area contributed by atoms with Crippen molar-refractivity contribution >= 4 is 17.2 Å². The molecule has 0 amide bonds. The summed E-state index contributed by atoms with van der Waals surface area (Å²) < 4.78 is 15.6. The Morgan fingerprint density at radius 3 is 2.69 bits per heavy atom. The number of dihydropyridines is 1. The van der Waals surface area contributed by atoms with Crippen LogP contribution >= 0.6 is 0 Å². The van der Waals surface area contributed by atoms with Crippen LogP contribution in [-0.2, 0) is 14.3 Å². The van der Waals surface area contributed by atoms with Crippen molar-refractivity contribution in [3.8, 4) is 0 Å². The highest BCUT2D eigenvalue weighted by Gasteiger charge is 2.39. The monoisotopic (exact) mass is 400 g/mol. The number of methoxy groups -OCH3 is 1. The van der Waals surface area contributed by atoms with Gasteiger partial charge in [0.15, 0.2) is 0 Å². The van der Waals surface area contributed by atoms with Crippen LogP contribution in [0.5, 0.6) is 0 Å². The number of carbonyl (C=O) groups is 1. The smallest absolute Gasteiger partial charge is 0.336 e. The zero-order valence-electron chi connectivity index (χ0n) is 16.2. The Labute approximate surface area is 166 Å². The van der Waals surface area contributed by atoms with E-state index >= 15 is 0 Å². The van der Waals surface area contributed by atoms with Crippen LogP contribution in [0, 0.1) is 10.1 Å². The third-order valence-corrected chi connectivity index (χ3v) is 4.54. The first-order chi connectivity index (χ1) is 14.0. The molecule has 2 heterocycles. The third-order valence-electron chi connectivity index (χ3n) is 4.54. The maximum absolute atomic E-state index is 12.9. The molecule has 0 spiro atoms. The summed E-state index contributed by atoms with van der Waals surface area (Å²) in [7, 11) is 1.50. The van der Waals surface area contributed by atoms with Gasteiger partial charge < -0.3 is 19.2 Å². The fourth-order valence-electron chi connectivity index (χ4n) is 3.34. The number of rotatable bonds is 7. The Morgan fingerprint density at radius 1 is 1.28 bits per heavy atom. The molecule has 0 aliphatic carbocycles. The van der Waals surface area contributed by atoms with E-state index in [1.54, 1.807) is 32.0 Å². The molecule has 0 saturated carbocycles. The van der Waals surface area contributed by atoms with Crippen LogP contribution in [0.15, 0.2) is 52.0 Å². The summed E-state index contributed by atoms with van der Waals surface area (Å²) >= 11 is 0. The van der Waals surface area contributed by atoms with E-state index in [9.17, 15) is 14.9 Å². The van der Waals surface area contributed by atoms with Crippen molar-refractivity contribution in [2.75, 3.05) is 20.3 Å². The quantitative estimate of drug-likeness (QED) is 0.322. The van der Waals surface area contributed by atoms with Crippen LogP contribution in [0.2, 0.25) is 0 Å². The number of esters is 1. The van der Waals surface area contributed by atoms with E-state index in [0.717, 1.165) is 6.39 Å². The number of carbonyl (C=O) groups excluding carboxylic acids is 1. The van der Waals surface area contributed by atoms with E-state index in [0.29, 0.717) is 22.5 Å². The minimum atomic E-state index is -0.826. The van der Waals surface area contributed by atoms with E-state index in [4.69, 9.17) is 13.9 Å². The zero-order chi connectivity index (χ0) is 21.0. The van der Waals surface area contributed by atoms with Gasteiger partial charge in [-0.25, -0.2) is 4.79 Å². The van der Waals surface area contributed by atoms with Gasteiger partial charge in [0.25, 0.3) is 5.69 Å². The van der Waals surface area contributed by atoms with Gasteiger partial charge in [0, 0.05) is 35.7 Å². The number of ether oxygens (including phenoxy) is 2. The van der Waals surface area contributed by atoms with Crippen molar-refractivity contribution in [1.29, 1.82) is 0 Å². The normalized spacial score (nSPS) is 16.6. The fraction of sp³-hybridized carbons (Fsp3) is 0.316. The summed E-state index contributed by atoms with van der Waals surface area (Å²) in [5.41, 5.74) is 2.07. The number of hydrogen-bond acceptors (Lipinski definition) is 9.